The Labute approximate surface area is 116 Å². The fourth-order valence-corrected chi connectivity index (χ4v) is 3.26. The van der Waals surface area contributed by atoms with Gasteiger partial charge in [-0.3, -0.25) is 4.98 Å². The summed E-state index contributed by atoms with van der Waals surface area (Å²) in [5.74, 6) is 1.02. The van der Waals surface area contributed by atoms with E-state index in [-0.39, 0.29) is 0 Å². The monoisotopic (exact) mass is 262 g/mol. The Hall–Kier alpha value is -0.930. The van der Waals surface area contributed by atoms with E-state index in [1.807, 2.05) is 12.3 Å². The van der Waals surface area contributed by atoms with Crippen LogP contribution < -0.4 is 5.32 Å². The molecule has 0 bridgehead atoms. The van der Waals surface area contributed by atoms with Crippen LogP contribution in [0.25, 0.3) is 0 Å². The topological polar surface area (TPSA) is 34.2 Å². The first-order chi connectivity index (χ1) is 9.27. The van der Waals surface area contributed by atoms with E-state index in [2.05, 4.69) is 43.2 Å². The normalized spacial score (nSPS) is 26.3. The van der Waals surface area contributed by atoms with Crippen molar-refractivity contribution in [3.63, 3.8) is 0 Å². The predicted octanol–water partition coefficient (Wildman–Crippen LogP) is 2.98. The van der Waals surface area contributed by atoms with E-state index in [1.54, 1.807) is 0 Å². The number of pyridine rings is 1. The molecule has 0 saturated carbocycles. The fourth-order valence-electron chi connectivity index (χ4n) is 3.26. The molecule has 3 heteroatoms. The van der Waals surface area contributed by atoms with Gasteiger partial charge < -0.3 is 10.1 Å². The molecule has 0 radical (unpaired) electrons. The highest BCUT2D eigenvalue weighted by molar-refractivity contribution is 5.12. The summed E-state index contributed by atoms with van der Waals surface area (Å²) >= 11 is 0. The van der Waals surface area contributed by atoms with Gasteiger partial charge >= 0.3 is 0 Å². The number of ether oxygens (including phenoxy) is 1. The molecule has 1 N–H and O–H groups in total. The van der Waals surface area contributed by atoms with Crippen LogP contribution in [0.15, 0.2) is 24.4 Å². The summed E-state index contributed by atoms with van der Waals surface area (Å²) in [4.78, 5) is 4.52. The van der Waals surface area contributed by atoms with E-state index >= 15 is 0 Å². The standard InChI is InChI=1S/C16H26N2O/c1-4-15-13(9-11-19-15)16(17-5-2)12(3)14-8-6-7-10-18-14/h6-8,10,12-13,15-17H,4-5,9,11H2,1-3H3. The van der Waals surface area contributed by atoms with Gasteiger partial charge in [0.2, 0.25) is 0 Å². The molecular weight excluding hydrogens is 236 g/mol. The van der Waals surface area contributed by atoms with Gasteiger partial charge in [-0.15, -0.1) is 0 Å². The van der Waals surface area contributed by atoms with E-state index in [9.17, 15) is 0 Å². The third-order valence-electron chi connectivity index (χ3n) is 4.26. The summed E-state index contributed by atoms with van der Waals surface area (Å²) in [5, 5.41) is 3.67. The summed E-state index contributed by atoms with van der Waals surface area (Å²) in [6.07, 6.45) is 4.54. The number of hydrogen-bond acceptors (Lipinski definition) is 3. The second-order valence-corrected chi connectivity index (χ2v) is 5.40. The minimum atomic E-state index is 0.398. The van der Waals surface area contributed by atoms with Gasteiger partial charge in [0.05, 0.1) is 6.10 Å². The quantitative estimate of drug-likeness (QED) is 0.856. The zero-order valence-corrected chi connectivity index (χ0v) is 12.3. The van der Waals surface area contributed by atoms with Gasteiger partial charge in [-0.1, -0.05) is 26.8 Å². The second kappa shape index (κ2) is 7.01. The average molecular weight is 262 g/mol. The molecule has 1 aliphatic heterocycles. The Morgan fingerprint density at radius 2 is 2.26 bits per heavy atom. The Kier molecular flexibility index (Phi) is 5.34. The lowest BCUT2D eigenvalue weighted by Crippen LogP contribution is -2.43. The summed E-state index contributed by atoms with van der Waals surface area (Å²) in [6, 6.07) is 6.63. The number of likely N-dealkylation sites (N-methyl/N-ethyl adjacent to an activating group) is 1. The molecule has 1 aromatic rings. The molecule has 0 amide bonds. The van der Waals surface area contributed by atoms with E-state index in [0.29, 0.717) is 24.0 Å². The van der Waals surface area contributed by atoms with Gasteiger partial charge in [0.15, 0.2) is 0 Å². The molecule has 2 rings (SSSR count). The molecule has 4 atom stereocenters. The van der Waals surface area contributed by atoms with Crippen molar-refractivity contribution in [2.24, 2.45) is 5.92 Å². The molecule has 0 aliphatic carbocycles. The maximum absolute atomic E-state index is 5.87. The minimum absolute atomic E-state index is 0.398. The Morgan fingerprint density at radius 1 is 1.42 bits per heavy atom. The summed E-state index contributed by atoms with van der Waals surface area (Å²) in [6.45, 7) is 8.57. The molecule has 1 saturated heterocycles. The van der Waals surface area contributed by atoms with Crippen LogP contribution in [0.4, 0.5) is 0 Å². The largest absolute Gasteiger partial charge is 0.378 e. The molecule has 1 fully saturated rings. The van der Waals surface area contributed by atoms with Gasteiger partial charge in [-0.2, -0.15) is 0 Å². The van der Waals surface area contributed by atoms with Gasteiger partial charge in [0.1, 0.15) is 0 Å². The van der Waals surface area contributed by atoms with Crippen molar-refractivity contribution in [3.8, 4) is 0 Å². The van der Waals surface area contributed by atoms with Crippen LogP contribution in [-0.2, 0) is 4.74 Å². The maximum atomic E-state index is 5.87. The Balaban J connectivity index is 2.15. The first kappa shape index (κ1) is 14.5. The Morgan fingerprint density at radius 3 is 2.89 bits per heavy atom. The van der Waals surface area contributed by atoms with Crippen molar-refractivity contribution in [3.05, 3.63) is 30.1 Å². The smallest absolute Gasteiger partial charge is 0.0616 e. The van der Waals surface area contributed by atoms with E-state index in [1.165, 1.54) is 5.69 Å². The SMILES string of the molecule is CCNC(C(C)c1ccccn1)C1CCOC1CC. The number of aromatic nitrogens is 1. The highest BCUT2D eigenvalue weighted by Gasteiger charge is 2.36. The molecular formula is C16H26N2O. The van der Waals surface area contributed by atoms with Crippen LogP contribution in [-0.4, -0.2) is 30.3 Å². The van der Waals surface area contributed by atoms with Crippen LogP contribution in [0.5, 0.6) is 0 Å². The van der Waals surface area contributed by atoms with Gasteiger partial charge in [-0.25, -0.2) is 0 Å². The molecule has 19 heavy (non-hydrogen) atoms. The second-order valence-electron chi connectivity index (χ2n) is 5.40. The first-order valence-corrected chi connectivity index (χ1v) is 7.53. The molecule has 1 aliphatic rings. The molecule has 3 nitrogen and oxygen atoms in total. The average Bonchev–Trinajstić information content (AvgIpc) is 2.93. The summed E-state index contributed by atoms with van der Waals surface area (Å²) in [7, 11) is 0. The van der Waals surface area contributed by atoms with Gasteiger partial charge in [0.25, 0.3) is 0 Å². The fraction of sp³-hybridized carbons (Fsp3) is 0.688. The number of nitrogens with zero attached hydrogens (tertiary/aromatic N) is 1. The lowest BCUT2D eigenvalue weighted by molar-refractivity contribution is 0.0747. The lowest BCUT2D eigenvalue weighted by Gasteiger charge is -2.32. The van der Waals surface area contributed by atoms with Crippen LogP contribution >= 0.6 is 0 Å². The molecule has 0 aromatic carbocycles. The van der Waals surface area contributed by atoms with Crippen molar-refractivity contribution in [1.29, 1.82) is 0 Å². The molecule has 1 aromatic heterocycles. The van der Waals surface area contributed by atoms with Crippen LogP contribution in [0, 0.1) is 5.92 Å². The number of nitrogens with one attached hydrogen (secondary N) is 1. The molecule has 0 spiro atoms. The van der Waals surface area contributed by atoms with Crippen molar-refractivity contribution in [1.82, 2.24) is 10.3 Å². The minimum Gasteiger partial charge on any atom is -0.378 e. The summed E-state index contributed by atoms with van der Waals surface area (Å²) < 4.78 is 5.87. The third kappa shape index (κ3) is 3.34. The van der Waals surface area contributed by atoms with E-state index in [0.717, 1.165) is 26.0 Å². The molecule has 4 unspecified atom stereocenters. The lowest BCUT2D eigenvalue weighted by atomic mass is 9.82. The third-order valence-corrected chi connectivity index (χ3v) is 4.26. The number of rotatable bonds is 6. The first-order valence-electron chi connectivity index (χ1n) is 7.53. The predicted molar refractivity (Wildman–Crippen MR) is 78.3 cm³/mol. The van der Waals surface area contributed by atoms with Crippen LogP contribution in [0.3, 0.4) is 0 Å². The number of hydrogen-bond donors (Lipinski definition) is 1. The van der Waals surface area contributed by atoms with Crippen LogP contribution in [0.1, 0.15) is 45.2 Å². The van der Waals surface area contributed by atoms with Crippen molar-refractivity contribution in [2.75, 3.05) is 13.2 Å². The molecule has 106 valence electrons. The van der Waals surface area contributed by atoms with Crippen LogP contribution in [0.2, 0.25) is 0 Å². The van der Waals surface area contributed by atoms with Gasteiger partial charge in [-0.05, 0) is 31.5 Å². The van der Waals surface area contributed by atoms with Crippen molar-refractivity contribution >= 4 is 0 Å². The Bertz CT molecular complexity index is 368. The zero-order valence-electron chi connectivity index (χ0n) is 12.3. The maximum Gasteiger partial charge on any atom is 0.0616 e. The van der Waals surface area contributed by atoms with Gasteiger partial charge in [0, 0.05) is 36.4 Å². The van der Waals surface area contributed by atoms with E-state index in [4.69, 9.17) is 4.74 Å². The zero-order chi connectivity index (χ0) is 13.7. The van der Waals surface area contributed by atoms with Crippen molar-refractivity contribution in [2.45, 2.75) is 51.7 Å². The summed E-state index contributed by atoms with van der Waals surface area (Å²) in [5.41, 5.74) is 1.18. The highest BCUT2D eigenvalue weighted by atomic mass is 16.5. The highest BCUT2D eigenvalue weighted by Crippen LogP contribution is 2.33. The van der Waals surface area contributed by atoms with E-state index < -0.39 is 0 Å². The molecule has 2 heterocycles. The van der Waals surface area contributed by atoms with Crippen molar-refractivity contribution < 1.29 is 4.74 Å².